The summed E-state index contributed by atoms with van der Waals surface area (Å²) in [5, 5.41) is 0. The van der Waals surface area contributed by atoms with Crippen molar-refractivity contribution in [2.75, 3.05) is 32.9 Å². The summed E-state index contributed by atoms with van der Waals surface area (Å²) in [6, 6.07) is 0. The molecule has 0 amide bonds. The van der Waals surface area contributed by atoms with E-state index in [4.69, 9.17) is 4.43 Å². The molecule has 0 heterocycles. The highest BCUT2D eigenvalue weighted by Crippen LogP contribution is 2.13. The van der Waals surface area contributed by atoms with E-state index in [0.717, 1.165) is 0 Å². The minimum absolute atomic E-state index is 1.22. The van der Waals surface area contributed by atoms with Crippen LogP contribution in [0.15, 0.2) is 0 Å². The van der Waals surface area contributed by atoms with E-state index in [2.05, 4.69) is 33.9 Å². The molecule has 0 radical (unpaired) electrons. The lowest BCUT2D eigenvalue weighted by Gasteiger charge is -2.40. The van der Waals surface area contributed by atoms with Crippen LogP contribution >= 0.6 is 0 Å². The Balaban J connectivity index is 4.41. The van der Waals surface area contributed by atoms with Gasteiger partial charge in [0.15, 0.2) is 0 Å². The van der Waals surface area contributed by atoms with Crippen LogP contribution in [0.4, 0.5) is 0 Å². The minimum atomic E-state index is -1.40. The van der Waals surface area contributed by atoms with Crippen LogP contribution in [0.25, 0.3) is 0 Å². The van der Waals surface area contributed by atoms with Gasteiger partial charge in [0.25, 0.3) is 0 Å². The Kier molecular flexibility index (Phi) is 5.18. The molecule has 0 aliphatic heterocycles. The molecule has 2 nitrogen and oxygen atoms in total. The molecule has 0 aromatic carbocycles. The smallest absolute Gasteiger partial charge is 0.244 e. The standard InChI is InChI=1S/C10H26NOSi/c1-7-11(8-2,9-3)10-13(5,6)12-4/h7-10H2,1-6H3/q+1. The fraction of sp³-hybridized carbons (Fsp3) is 1.00. The molecule has 0 rings (SSSR count). The van der Waals surface area contributed by atoms with Crippen LogP contribution in [0.1, 0.15) is 20.8 Å². The maximum Gasteiger partial charge on any atom is 0.244 e. The first-order valence-electron chi connectivity index (χ1n) is 5.35. The van der Waals surface area contributed by atoms with Crippen LogP contribution in [0, 0.1) is 0 Å². The van der Waals surface area contributed by atoms with Crippen LogP contribution in [-0.2, 0) is 4.43 Å². The van der Waals surface area contributed by atoms with Gasteiger partial charge in [-0.25, -0.2) is 0 Å². The van der Waals surface area contributed by atoms with Crippen LogP contribution in [0.3, 0.4) is 0 Å². The van der Waals surface area contributed by atoms with Crippen molar-refractivity contribution in [2.45, 2.75) is 33.9 Å². The molecule has 0 bridgehead atoms. The molecule has 0 aliphatic carbocycles. The lowest BCUT2D eigenvalue weighted by molar-refractivity contribution is -0.914. The van der Waals surface area contributed by atoms with Gasteiger partial charge in [-0.2, -0.15) is 0 Å². The largest absolute Gasteiger partial charge is 0.414 e. The second-order valence-corrected chi connectivity index (χ2v) is 8.66. The lowest BCUT2D eigenvalue weighted by atomic mass is 10.4. The zero-order chi connectivity index (χ0) is 10.5. The SMILES string of the molecule is CC[N+](CC)(CC)C[Si](C)(C)OC. The molecule has 0 aromatic rings. The molecule has 3 heteroatoms. The van der Waals surface area contributed by atoms with Crippen molar-refractivity contribution in [1.82, 2.24) is 0 Å². The average molecular weight is 204 g/mol. The zero-order valence-corrected chi connectivity index (χ0v) is 11.2. The van der Waals surface area contributed by atoms with Gasteiger partial charge in [0.2, 0.25) is 8.32 Å². The van der Waals surface area contributed by atoms with Gasteiger partial charge >= 0.3 is 0 Å². The number of quaternary nitrogens is 1. The van der Waals surface area contributed by atoms with E-state index in [9.17, 15) is 0 Å². The molecule has 0 spiro atoms. The Bertz CT molecular complexity index is 136. The average Bonchev–Trinajstić information content (AvgIpc) is 2.14. The number of hydrogen-bond donors (Lipinski definition) is 0. The van der Waals surface area contributed by atoms with Crippen molar-refractivity contribution in [3.63, 3.8) is 0 Å². The molecular formula is C10H26NOSi+. The van der Waals surface area contributed by atoms with Crippen molar-refractivity contribution in [3.8, 4) is 0 Å². The van der Waals surface area contributed by atoms with E-state index in [1.807, 2.05) is 7.11 Å². The molecule has 0 unspecified atom stereocenters. The fourth-order valence-corrected chi connectivity index (χ4v) is 4.29. The second-order valence-electron chi connectivity index (χ2n) is 4.41. The van der Waals surface area contributed by atoms with Crippen LogP contribution < -0.4 is 0 Å². The number of hydrogen-bond acceptors (Lipinski definition) is 1. The van der Waals surface area contributed by atoms with Crippen molar-refractivity contribution in [1.29, 1.82) is 0 Å². The molecule has 13 heavy (non-hydrogen) atoms. The summed E-state index contributed by atoms with van der Waals surface area (Å²) >= 11 is 0. The van der Waals surface area contributed by atoms with Crippen molar-refractivity contribution >= 4 is 8.32 Å². The number of nitrogens with zero attached hydrogens (tertiary/aromatic N) is 1. The summed E-state index contributed by atoms with van der Waals surface area (Å²) < 4.78 is 6.84. The Labute approximate surface area is 84.6 Å². The molecule has 0 aliphatic rings. The maximum atomic E-state index is 5.62. The third kappa shape index (κ3) is 3.79. The summed E-state index contributed by atoms with van der Waals surface area (Å²) in [7, 11) is 0.460. The van der Waals surface area contributed by atoms with Crippen molar-refractivity contribution < 1.29 is 8.91 Å². The summed E-state index contributed by atoms with van der Waals surface area (Å²) in [5.74, 6) is 0. The Morgan fingerprint density at radius 2 is 1.38 bits per heavy atom. The maximum absolute atomic E-state index is 5.62. The first-order chi connectivity index (χ1) is 5.95. The second kappa shape index (κ2) is 5.13. The summed E-state index contributed by atoms with van der Waals surface area (Å²) in [6.45, 7) is 15.2. The van der Waals surface area contributed by atoms with Gasteiger partial charge in [0, 0.05) is 7.11 Å². The van der Waals surface area contributed by atoms with Crippen molar-refractivity contribution in [2.24, 2.45) is 0 Å². The molecule has 0 saturated carbocycles. The molecule has 0 aromatic heterocycles. The predicted molar refractivity (Wildman–Crippen MR) is 61.2 cm³/mol. The first-order valence-corrected chi connectivity index (χ1v) is 8.47. The molecule has 0 N–H and O–H groups in total. The topological polar surface area (TPSA) is 9.23 Å². The Morgan fingerprint density at radius 1 is 1.00 bits per heavy atom. The summed E-state index contributed by atoms with van der Waals surface area (Å²) in [6.07, 6.45) is 1.24. The monoisotopic (exact) mass is 204 g/mol. The Hall–Kier alpha value is 0.137. The molecule has 0 fully saturated rings. The minimum Gasteiger partial charge on any atom is -0.414 e. The van der Waals surface area contributed by atoms with E-state index in [0.29, 0.717) is 0 Å². The highest BCUT2D eigenvalue weighted by Gasteiger charge is 2.33. The van der Waals surface area contributed by atoms with Crippen LogP contribution in [0.5, 0.6) is 0 Å². The fourth-order valence-electron chi connectivity index (χ4n) is 1.88. The predicted octanol–water partition coefficient (Wildman–Crippen LogP) is 2.25. The van der Waals surface area contributed by atoms with Crippen molar-refractivity contribution in [3.05, 3.63) is 0 Å². The quantitative estimate of drug-likeness (QED) is 0.476. The summed E-state index contributed by atoms with van der Waals surface area (Å²) in [4.78, 5) is 0. The molecular weight excluding hydrogens is 178 g/mol. The van der Waals surface area contributed by atoms with Gasteiger partial charge in [-0.1, -0.05) is 0 Å². The van der Waals surface area contributed by atoms with Gasteiger partial charge < -0.3 is 8.91 Å². The van der Waals surface area contributed by atoms with E-state index in [1.165, 1.54) is 30.3 Å². The normalized spacial score (nSPS) is 13.4. The zero-order valence-electron chi connectivity index (χ0n) is 10.2. The van der Waals surface area contributed by atoms with E-state index in [1.54, 1.807) is 0 Å². The van der Waals surface area contributed by atoms with E-state index < -0.39 is 8.32 Å². The van der Waals surface area contributed by atoms with Crippen LogP contribution in [-0.4, -0.2) is 45.7 Å². The van der Waals surface area contributed by atoms with E-state index >= 15 is 0 Å². The van der Waals surface area contributed by atoms with Gasteiger partial charge in [-0.3, -0.25) is 0 Å². The highest BCUT2D eigenvalue weighted by molar-refractivity contribution is 6.70. The molecule has 80 valence electrons. The first kappa shape index (κ1) is 13.1. The van der Waals surface area contributed by atoms with Gasteiger partial charge in [0.1, 0.15) is 0 Å². The third-order valence-electron chi connectivity index (χ3n) is 3.28. The van der Waals surface area contributed by atoms with E-state index in [-0.39, 0.29) is 0 Å². The third-order valence-corrected chi connectivity index (χ3v) is 5.82. The Morgan fingerprint density at radius 3 is 1.62 bits per heavy atom. The highest BCUT2D eigenvalue weighted by atomic mass is 28.4. The number of rotatable bonds is 6. The molecule has 0 saturated heterocycles. The lowest BCUT2D eigenvalue weighted by Crippen LogP contribution is -2.57. The molecule has 0 atom stereocenters. The van der Waals surface area contributed by atoms with Crippen LogP contribution in [0.2, 0.25) is 13.1 Å². The van der Waals surface area contributed by atoms with Gasteiger partial charge in [0.05, 0.1) is 25.8 Å². The summed E-state index contributed by atoms with van der Waals surface area (Å²) in [5.41, 5.74) is 0. The van der Waals surface area contributed by atoms with Gasteiger partial charge in [-0.05, 0) is 33.9 Å². The van der Waals surface area contributed by atoms with Gasteiger partial charge in [-0.15, -0.1) is 0 Å².